The van der Waals surface area contributed by atoms with Crippen molar-refractivity contribution in [2.75, 3.05) is 6.54 Å². The molecule has 4 N–H and O–H groups in total. The molecule has 0 radical (unpaired) electrons. The molecule has 1 aromatic heterocycles. The molecule has 0 aliphatic carbocycles. The van der Waals surface area contributed by atoms with E-state index < -0.39 is 0 Å². The number of hydrogen-bond acceptors (Lipinski definition) is 0. The third-order valence-corrected chi connectivity index (χ3v) is 3.96. The molecule has 102 valence electrons. The molecule has 20 heavy (non-hydrogen) atoms. The number of benzene rings is 2. The van der Waals surface area contributed by atoms with E-state index in [2.05, 4.69) is 10.7 Å². The second-order valence-electron chi connectivity index (χ2n) is 4.77. The number of hydrogen-bond donors (Lipinski definition) is 2. The molecule has 4 heteroatoms. The van der Waals surface area contributed by atoms with Crippen molar-refractivity contribution in [1.82, 2.24) is 4.98 Å². The van der Waals surface area contributed by atoms with Gasteiger partial charge in [0.15, 0.2) is 0 Å². The van der Waals surface area contributed by atoms with Gasteiger partial charge in [-0.15, -0.1) is 0 Å². The van der Waals surface area contributed by atoms with Crippen LogP contribution in [0.3, 0.4) is 0 Å². The van der Waals surface area contributed by atoms with Gasteiger partial charge < -0.3 is 10.7 Å². The standard InChI is InChI=1S/C16H14ClFN2/c17-13-5-3-6-14(18)16(13)11(8-19)12-9-20-15-7-2-1-4-10(12)15/h1-7,9,11,20H,8,19H2/p+1/t11-/m1/s1. The summed E-state index contributed by atoms with van der Waals surface area (Å²) in [6.45, 7) is 0.544. The van der Waals surface area contributed by atoms with Gasteiger partial charge in [-0.25, -0.2) is 4.39 Å². The Labute approximate surface area is 121 Å². The number of fused-ring (bicyclic) bond motifs is 1. The molecule has 0 aliphatic heterocycles. The van der Waals surface area contributed by atoms with E-state index in [-0.39, 0.29) is 11.7 Å². The number of aromatic nitrogens is 1. The van der Waals surface area contributed by atoms with Crippen LogP contribution in [0.4, 0.5) is 4.39 Å². The lowest BCUT2D eigenvalue weighted by molar-refractivity contribution is -0.370. The predicted octanol–water partition coefficient (Wildman–Crippen LogP) is 3.33. The van der Waals surface area contributed by atoms with E-state index >= 15 is 0 Å². The van der Waals surface area contributed by atoms with Crippen molar-refractivity contribution in [2.24, 2.45) is 0 Å². The van der Waals surface area contributed by atoms with Crippen LogP contribution >= 0.6 is 11.6 Å². The number of nitrogens with one attached hydrogen (secondary N) is 1. The quantitative estimate of drug-likeness (QED) is 0.743. The van der Waals surface area contributed by atoms with E-state index in [0.29, 0.717) is 17.1 Å². The molecular formula is C16H15ClFN2+. The Morgan fingerprint density at radius 2 is 1.95 bits per heavy atom. The van der Waals surface area contributed by atoms with Crippen molar-refractivity contribution in [3.05, 3.63) is 70.6 Å². The summed E-state index contributed by atoms with van der Waals surface area (Å²) in [6, 6.07) is 12.8. The van der Waals surface area contributed by atoms with Gasteiger partial charge in [-0.2, -0.15) is 0 Å². The zero-order chi connectivity index (χ0) is 14.1. The van der Waals surface area contributed by atoms with Gasteiger partial charge in [0.1, 0.15) is 5.82 Å². The Morgan fingerprint density at radius 3 is 2.70 bits per heavy atom. The van der Waals surface area contributed by atoms with Crippen LogP contribution in [-0.2, 0) is 0 Å². The summed E-state index contributed by atoms with van der Waals surface area (Å²) < 4.78 is 14.2. The van der Waals surface area contributed by atoms with Gasteiger partial charge in [0, 0.05) is 27.7 Å². The van der Waals surface area contributed by atoms with Gasteiger partial charge in [-0.1, -0.05) is 35.9 Å². The average molecular weight is 290 g/mol. The normalized spacial score (nSPS) is 12.8. The highest BCUT2D eigenvalue weighted by Gasteiger charge is 2.23. The fourth-order valence-corrected chi connectivity index (χ4v) is 2.98. The van der Waals surface area contributed by atoms with Gasteiger partial charge in [0.2, 0.25) is 0 Å². The van der Waals surface area contributed by atoms with Crippen LogP contribution in [-0.4, -0.2) is 11.5 Å². The number of aromatic amines is 1. The van der Waals surface area contributed by atoms with Crippen LogP contribution < -0.4 is 5.73 Å². The Morgan fingerprint density at radius 1 is 1.15 bits per heavy atom. The molecule has 0 saturated carbocycles. The first-order valence-corrected chi connectivity index (χ1v) is 6.89. The maximum atomic E-state index is 14.2. The molecule has 0 aliphatic rings. The van der Waals surface area contributed by atoms with E-state index in [9.17, 15) is 4.39 Å². The molecule has 1 heterocycles. The summed E-state index contributed by atoms with van der Waals surface area (Å²) in [5.74, 6) is -0.434. The van der Waals surface area contributed by atoms with Gasteiger partial charge in [0.25, 0.3) is 0 Å². The maximum absolute atomic E-state index is 14.2. The predicted molar refractivity (Wildman–Crippen MR) is 79.3 cm³/mol. The highest BCUT2D eigenvalue weighted by Crippen LogP contribution is 2.34. The largest absolute Gasteiger partial charge is 0.361 e. The summed E-state index contributed by atoms with van der Waals surface area (Å²) in [6.07, 6.45) is 1.92. The van der Waals surface area contributed by atoms with Crippen molar-refractivity contribution in [3.63, 3.8) is 0 Å². The maximum Gasteiger partial charge on any atom is 0.128 e. The van der Waals surface area contributed by atoms with Gasteiger partial charge in [-0.05, 0) is 23.8 Å². The summed E-state index contributed by atoms with van der Waals surface area (Å²) in [5, 5.41) is 1.53. The summed E-state index contributed by atoms with van der Waals surface area (Å²) >= 11 is 6.19. The van der Waals surface area contributed by atoms with E-state index in [1.807, 2.05) is 30.5 Å². The van der Waals surface area contributed by atoms with Crippen molar-refractivity contribution < 1.29 is 10.1 Å². The van der Waals surface area contributed by atoms with Crippen LogP contribution in [0.1, 0.15) is 17.0 Å². The highest BCUT2D eigenvalue weighted by atomic mass is 35.5. The van der Waals surface area contributed by atoms with E-state index in [1.54, 1.807) is 12.1 Å². The lowest BCUT2D eigenvalue weighted by Crippen LogP contribution is -2.53. The number of quaternary nitrogens is 1. The lowest BCUT2D eigenvalue weighted by Gasteiger charge is -2.15. The molecule has 1 atom stereocenters. The first kappa shape index (κ1) is 13.2. The number of para-hydroxylation sites is 1. The van der Waals surface area contributed by atoms with E-state index in [4.69, 9.17) is 11.6 Å². The number of halogens is 2. The minimum atomic E-state index is -0.281. The molecule has 0 saturated heterocycles. The SMILES string of the molecule is [NH3+]C[C@@H](c1c(F)cccc1Cl)c1c[nH]c2ccccc12. The molecule has 3 aromatic rings. The molecule has 2 nitrogen and oxygen atoms in total. The minimum Gasteiger partial charge on any atom is -0.361 e. The first-order valence-electron chi connectivity index (χ1n) is 6.51. The lowest BCUT2D eigenvalue weighted by atomic mass is 9.90. The van der Waals surface area contributed by atoms with Gasteiger partial charge in [0.05, 0.1) is 12.5 Å². The fourth-order valence-electron chi connectivity index (χ4n) is 2.68. The zero-order valence-electron chi connectivity index (χ0n) is 10.9. The summed E-state index contributed by atoms with van der Waals surface area (Å²) in [4.78, 5) is 3.22. The minimum absolute atomic E-state index is 0.153. The zero-order valence-corrected chi connectivity index (χ0v) is 11.6. The monoisotopic (exact) mass is 289 g/mol. The Hall–Kier alpha value is -1.84. The molecule has 0 amide bonds. The molecule has 2 aromatic carbocycles. The molecular weight excluding hydrogens is 275 g/mol. The Kier molecular flexibility index (Phi) is 3.47. The van der Waals surface area contributed by atoms with Crippen LogP contribution in [0.15, 0.2) is 48.7 Å². The third-order valence-electron chi connectivity index (χ3n) is 3.63. The van der Waals surface area contributed by atoms with Crippen molar-refractivity contribution in [1.29, 1.82) is 0 Å². The van der Waals surface area contributed by atoms with Crippen LogP contribution in [0, 0.1) is 5.82 Å². The smallest absolute Gasteiger partial charge is 0.128 e. The second-order valence-corrected chi connectivity index (χ2v) is 5.17. The summed E-state index contributed by atoms with van der Waals surface area (Å²) in [7, 11) is 0. The molecule has 0 fully saturated rings. The van der Waals surface area contributed by atoms with Crippen molar-refractivity contribution in [2.45, 2.75) is 5.92 Å². The van der Waals surface area contributed by atoms with Gasteiger partial charge in [-0.3, -0.25) is 0 Å². The topological polar surface area (TPSA) is 43.4 Å². The van der Waals surface area contributed by atoms with Crippen LogP contribution in [0.5, 0.6) is 0 Å². The van der Waals surface area contributed by atoms with E-state index in [0.717, 1.165) is 16.5 Å². The Bertz CT molecular complexity index is 731. The van der Waals surface area contributed by atoms with E-state index in [1.165, 1.54) is 6.07 Å². The Balaban J connectivity index is 2.20. The van der Waals surface area contributed by atoms with Crippen molar-refractivity contribution >= 4 is 22.5 Å². The van der Waals surface area contributed by atoms with Crippen LogP contribution in [0.2, 0.25) is 5.02 Å². The molecule has 0 unspecified atom stereocenters. The molecule has 0 bridgehead atoms. The van der Waals surface area contributed by atoms with Gasteiger partial charge >= 0.3 is 0 Å². The highest BCUT2D eigenvalue weighted by molar-refractivity contribution is 6.31. The van der Waals surface area contributed by atoms with Crippen LogP contribution in [0.25, 0.3) is 10.9 Å². The molecule has 0 spiro atoms. The number of rotatable bonds is 3. The molecule has 3 rings (SSSR count). The third kappa shape index (κ3) is 2.09. The van der Waals surface area contributed by atoms with Crippen molar-refractivity contribution in [3.8, 4) is 0 Å². The fraction of sp³-hybridized carbons (Fsp3) is 0.125. The average Bonchev–Trinajstić information content (AvgIpc) is 2.87. The summed E-state index contributed by atoms with van der Waals surface area (Å²) in [5.41, 5.74) is 6.56. The number of H-pyrrole nitrogens is 1. The second kappa shape index (κ2) is 5.27. The first-order chi connectivity index (χ1) is 9.72.